The number of carbonyl (C=O) groups excluding carboxylic acids is 1. The monoisotopic (exact) mass is 515 g/mol. The predicted octanol–water partition coefficient (Wildman–Crippen LogP) is 4.79. The van der Waals surface area contributed by atoms with Crippen LogP contribution in [0.25, 0.3) is 11.0 Å². The van der Waals surface area contributed by atoms with Crippen molar-refractivity contribution in [3.05, 3.63) is 89.5 Å². The van der Waals surface area contributed by atoms with Crippen molar-refractivity contribution in [2.45, 2.75) is 51.9 Å². The fraction of sp³-hybridized carbons (Fsp3) is 0.333. The highest BCUT2D eigenvalue weighted by Gasteiger charge is 2.33. The maximum Gasteiger partial charge on any atom is 0.239 e. The van der Waals surface area contributed by atoms with Crippen LogP contribution in [0.5, 0.6) is 11.5 Å². The first-order valence-corrected chi connectivity index (χ1v) is 13.0. The quantitative estimate of drug-likeness (QED) is 0.369. The average molecular weight is 516 g/mol. The molecule has 1 aliphatic rings. The van der Waals surface area contributed by atoms with Crippen LogP contribution in [0, 0.1) is 12.7 Å². The third-order valence-corrected chi connectivity index (χ3v) is 7.34. The molecule has 38 heavy (non-hydrogen) atoms. The minimum atomic E-state index is -0.747. The van der Waals surface area contributed by atoms with Gasteiger partial charge in [0.2, 0.25) is 5.91 Å². The molecule has 5 rings (SSSR count). The largest absolute Gasteiger partial charge is 0.453 e. The van der Waals surface area contributed by atoms with Crippen LogP contribution in [-0.2, 0) is 17.8 Å². The van der Waals surface area contributed by atoms with Gasteiger partial charge in [-0.1, -0.05) is 36.4 Å². The Hall–Kier alpha value is -3.75. The molecule has 1 amide bonds. The SMILES string of the molecule is Cc1c[nH]c2nccc(Oc3ccc(C[C@H](N)C(=O)N4C[C@@H](C)N(Cc5ccccc5)[C@@H](C)C4)cc3F)c12. The highest BCUT2D eigenvalue weighted by Crippen LogP contribution is 2.32. The number of nitrogens with two attached hydrogens (primary N) is 1. The van der Waals surface area contributed by atoms with Crippen molar-refractivity contribution in [2.75, 3.05) is 13.1 Å². The molecule has 1 aliphatic heterocycles. The molecular weight excluding hydrogens is 481 g/mol. The molecule has 1 saturated heterocycles. The van der Waals surface area contributed by atoms with E-state index >= 15 is 4.39 Å². The number of amides is 1. The molecule has 8 heteroatoms. The normalized spacial score (nSPS) is 19.0. The number of aromatic nitrogens is 2. The summed E-state index contributed by atoms with van der Waals surface area (Å²) in [6.45, 7) is 8.30. The number of hydrogen-bond acceptors (Lipinski definition) is 5. The van der Waals surface area contributed by atoms with Crippen LogP contribution >= 0.6 is 0 Å². The molecule has 3 N–H and O–H groups in total. The van der Waals surface area contributed by atoms with Crippen LogP contribution in [0.4, 0.5) is 4.39 Å². The second kappa shape index (κ2) is 10.9. The van der Waals surface area contributed by atoms with Gasteiger partial charge in [0.25, 0.3) is 0 Å². The van der Waals surface area contributed by atoms with Crippen LogP contribution in [0.2, 0.25) is 0 Å². The van der Waals surface area contributed by atoms with E-state index in [0.29, 0.717) is 30.0 Å². The molecule has 198 valence electrons. The molecule has 7 nitrogen and oxygen atoms in total. The van der Waals surface area contributed by atoms with E-state index in [1.165, 1.54) is 11.6 Å². The Morgan fingerprint density at radius 1 is 1.11 bits per heavy atom. The fourth-order valence-electron chi connectivity index (χ4n) is 5.36. The molecule has 0 spiro atoms. The van der Waals surface area contributed by atoms with Crippen LogP contribution in [0.1, 0.15) is 30.5 Å². The lowest BCUT2D eigenvalue weighted by atomic mass is 10.0. The topological polar surface area (TPSA) is 87.5 Å². The number of aryl methyl sites for hydroxylation is 1. The van der Waals surface area contributed by atoms with Gasteiger partial charge in [0, 0.05) is 44.1 Å². The number of piperazine rings is 1. The minimum absolute atomic E-state index is 0.106. The van der Waals surface area contributed by atoms with E-state index in [4.69, 9.17) is 10.5 Å². The van der Waals surface area contributed by atoms with Gasteiger partial charge in [0.15, 0.2) is 11.6 Å². The van der Waals surface area contributed by atoms with E-state index in [9.17, 15) is 4.79 Å². The Labute approximate surface area is 222 Å². The highest BCUT2D eigenvalue weighted by atomic mass is 19.1. The molecular formula is C30H34FN5O2. The first-order valence-electron chi connectivity index (χ1n) is 13.0. The number of hydrogen-bond donors (Lipinski definition) is 2. The van der Waals surface area contributed by atoms with Crippen LogP contribution in [0.15, 0.2) is 67.0 Å². The standard InChI is InChI=1S/C30H34FN5O2/c1-19-15-34-29-28(19)27(11-12-33-29)38-26-10-9-23(13-24(26)31)14-25(32)30(37)35-16-20(2)36(21(3)17-35)18-22-7-5-4-6-8-22/h4-13,15,20-21,25H,14,16-18,32H2,1-3H3,(H,33,34)/t20-,21+,25-/m0/s1. The number of carbonyl (C=O) groups is 1. The van der Waals surface area contributed by atoms with Crippen molar-refractivity contribution in [3.63, 3.8) is 0 Å². The average Bonchev–Trinajstić information content (AvgIpc) is 3.29. The Bertz CT molecular complexity index is 1410. The van der Waals surface area contributed by atoms with E-state index in [-0.39, 0.29) is 30.2 Å². The second-order valence-electron chi connectivity index (χ2n) is 10.3. The number of aromatic amines is 1. The maximum absolute atomic E-state index is 15.0. The summed E-state index contributed by atoms with van der Waals surface area (Å²) in [5, 5.41) is 0.816. The van der Waals surface area contributed by atoms with Crippen molar-refractivity contribution >= 4 is 16.9 Å². The van der Waals surface area contributed by atoms with Gasteiger partial charge < -0.3 is 20.4 Å². The summed E-state index contributed by atoms with van der Waals surface area (Å²) in [6.07, 6.45) is 3.71. The number of rotatable bonds is 7. The van der Waals surface area contributed by atoms with Crippen molar-refractivity contribution in [3.8, 4) is 11.5 Å². The number of H-pyrrole nitrogens is 1. The van der Waals surface area contributed by atoms with E-state index in [1.807, 2.05) is 36.2 Å². The van der Waals surface area contributed by atoms with Gasteiger partial charge in [-0.15, -0.1) is 0 Å². The van der Waals surface area contributed by atoms with Crippen molar-refractivity contribution in [1.29, 1.82) is 0 Å². The number of pyridine rings is 1. The van der Waals surface area contributed by atoms with Gasteiger partial charge in [-0.25, -0.2) is 9.37 Å². The molecule has 0 bridgehead atoms. The Morgan fingerprint density at radius 3 is 2.55 bits per heavy atom. The number of ether oxygens (including phenoxy) is 1. The van der Waals surface area contributed by atoms with Gasteiger partial charge >= 0.3 is 0 Å². The zero-order valence-corrected chi connectivity index (χ0v) is 22.0. The molecule has 0 aliphatic carbocycles. The van der Waals surface area contributed by atoms with Gasteiger partial charge in [0.05, 0.1) is 11.4 Å². The third-order valence-electron chi connectivity index (χ3n) is 7.34. The van der Waals surface area contributed by atoms with Crippen molar-refractivity contribution in [2.24, 2.45) is 5.73 Å². The lowest BCUT2D eigenvalue weighted by molar-refractivity contribution is -0.137. The van der Waals surface area contributed by atoms with Crippen LogP contribution < -0.4 is 10.5 Å². The van der Waals surface area contributed by atoms with E-state index < -0.39 is 11.9 Å². The van der Waals surface area contributed by atoms with Crippen molar-refractivity contribution in [1.82, 2.24) is 19.8 Å². The molecule has 2 aromatic heterocycles. The van der Waals surface area contributed by atoms with Crippen LogP contribution in [-0.4, -0.2) is 56.9 Å². The molecule has 0 unspecified atom stereocenters. The highest BCUT2D eigenvalue weighted by molar-refractivity contribution is 5.86. The number of nitrogens with zero attached hydrogens (tertiary/aromatic N) is 3. The Kier molecular flexibility index (Phi) is 7.44. The first-order chi connectivity index (χ1) is 18.3. The third kappa shape index (κ3) is 5.42. The van der Waals surface area contributed by atoms with Gasteiger partial charge in [0.1, 0.15) is 11.4 Å². The second-order valence-corrected chi connectivity index (χ2v) is 10.3. The fourth-order valence-corrected chi connectivity index (χ4v) is 5.36. The summed E-state index contributed by atoms with van der Waals surface area (Å²) in [4.78, 5) is 24.9. The molecule has 1 fully saturated rings. The summed E-state index contributed by atoms with van der Waals surface area (Å²) < 4.78 is 20.9. The van der Waals surface area contributed by atoms with Gasteiger partial charge in [-0.3, -0.25) is 9.69 Å². The van der Waals surface area contributed by atoms with E-state index in [2.05, 4.69) is 40.8 Å². The zero-order chi connectivity index (χ0) is 26.8. The molecule has 0 saturated carbocycles. The Morgan fingerprint density at radius 2 is 1.84 bits per heavy atom. The lowest BCUT2D eigenvalue weighted by Gasteiger charge is -2.45. The molecule has 0 radical (unpaired) electrons. The molecule has 3 heterocycles. The summed E-state index contributed by atoms with van der Waals surface area (Å²) in [5.41, 5.74) is 9.90. The first kappa shape index (κ1) is 25.9. The zero-order valence-electron chi connectivity index (χ0n) is 22.0. The van der Waals surface area contributed by atoms with E-state index in [0.717, 1.165) is 17.5 Å². The number of benzene rings is 2. The lowest BCUT2D eigenvalue weighted by Crippen LogP contribution is -2.60. The van der Waals surface area contributed by atoms with Crippen molar-refractivity contribution < 1.29 is 13.9 Å². The molecule has 2 aromatic carbocycles. The van der Waals surface area contributed by atoms with Gasteiger partial charge in [-0.2, -0.15) is 0 Å². The maximum atomic E-state index is 15.0. The predicted molar refractivity (Wildman–Crippen MR) is 146 cm³/mol. The number of halogens is 1. The molecule has 4 aromatic rings. The van der Waals surface area contributed by atoms with Gasteiger partial charge in [-0.05, 0) is 62.1 Å². The summed E-state index contributed by atoms with van der Waals surface area (Å²) in [6, 6.07) is 16.5. The summed E-state index contributed by atoms with van der Waals surface area (Å²) in [5.74, 6) is 0.0313. The summed E-state index contributed by atoms with van der Waals surface area (Å²) in [7, 11) is 0. The van der Waals surface area contributed by atoms with Crippen LogP contribution in [0.3, 0.4) is 0 Å². The minimum Gasteiger partial charge on any atom is -0.453 e. The van der Waals surface area contributed by atoms with E-state index in [1.54, 1.807) is 24.4 Å². The number of fused-ring (bicyclic) bond motifs is 1. The smallest absolute Gasteiger partial charge is 0.239 e. The molecule has 3 atom stereocenters. The summed E-state index contributed by atoms with van der Waals surface area (Å²) >= 11 is 0. The number of nitrogens with one attached hydrogen (secondary N) is 1. The Balaban J connectivity index is 1.21.